The van der Waals surface area contributed by atoms with Crippen molar-refractivity contribution in [2.45, 2.75) is 33.2 Å². The predicted molar refractivity (Wildman–Crippen MR) is 118 cm³/mol. The van der Waals surface area contributed by atoms with E-state index in [0.717, 1.165) is 22.5 Å². The number of para-hydroxylation sites is 1. The number of ether oxygens (including phenoxy) is 2. The van der Waals surface area contributed by atoms with Crippen molar-refractivity contribution in [3.8, 4) is 11.5 Å². The Bertz CT molecular complexity index is 1260. The van der Waals surface area contributed by atoms with Gasteiger partial charge in [0.25, 0.3) is 5.78 Å². The summed E-state index contributed by atoms with van der Waals surface area (Å²) in [6, 6.07) is 7.43. The maximum Gasteiger partial charge on any atom is 0.252 e. The zero-order valence-corrected chi connectivity index (χ0v) is 18.5. The van der Waals surface area contributed by atoms with Crippen LogP contribution in [0.25, 0.3) is 5.78 Å². The third kappa shape index (κ3) is 4.11. The average Bonchev–Trinajstić information content (AvgIpc) is 3.43. The number of aromatic nitrogens is 6. The smallest absolute Gasteiger partial charge is 0.252 e. The summed E-state index contributed by atoms with van der Waals surface area (Å²) in [4.78, 5) is 21.3. The van der Waals surface area contributed by atoms with Crippen molar-refractivity contribution in [1.82, 2.24) is 29.4 Å². The minimum atomic E-state index is -0.109. The monoisotopic (exact) mass is 435 g/mol. The molecule has 4 aromatic rings. The molecule has 10 nitrogen and oxygen atoms in total. The molecular weight excluding hydrogens is 410 g/mol. The standard InChI is InChI=1S/C22H25N7O3/c1-14-17(15(2)29-22(26-14)23-13-25-29)8-9-20(30)27-19-10-11-24-28(19)12-16-6-5-7-18(31-3)21(16)32-4/h5-7,10-11,13H,8-9,12H2,1-4H3,(H,27,30). The largest absolute Gasteiger partial charge is 0.493 e. The van der Waals surface area contributed by atoms with Gasteiger partial charge in [-0.3, -0.25) is 4.79 Å². The Balaban J connectivity index is 1.46. The van der Waals surface area contributed by atoms with Crippen LogP contribution < -0.4 is 14.8 Å². The molecule has 1 amide bonds. The summed E-state index contributed by atoms with van der Waals surface area (Å²) in [5.74, 6) is 2.35. The van der Waals surface area contributed by atoms with Crippen molar-refractivity contribution in [2.75, 3.05) is 19.5 Å². The molecule has 0 spiro atoms. The summed E-state index contributed by atoms with van der Waals surface area (Å²) < 4.78 is 14.3. The Morgan fingerprint density at radius 1 is 1.12 bits per heavy atom. The van der Waals surface area contributed by atoms with Crippen LogP contribution in [0.2, 0.25) is 0 Å². The van der Waals surface area contributed by atoms with E-state index in [1.165, 1.54) is 6.33 Å². The van der Waals surface area contributed by atoms with E-state index in [0.29, 0.717) is 42.5 Å². The number of carbonyl (C=O) groups is 1. The molecule has 0 saturated heterocycles. The van der Waals surface area contributed by atoms with Gasteiger partial charge in [-0.1, -0.05) is 12.1 Å². The molecule has 4 rings (SSSR count). The Hall–Kier alpha value is -3.95. The number of rotatable bonds is 8. The maximum atomic E-state index is 12.7. The first-order valence-electron chi connectivity index (χ1n) is 10.2. The van der Waals surface area contributed by atoms with Crippen molar-refractivity contribution in [1.29, 1.82) is 0 Å². The molecule has 10 heteroatoms. The van der Waals surface area contributed by atoms with Crippen molar-refractivity contribution >= 4 is 17.5 Å². The molecule has 1 N–H and O–H groups in total. The van der Waals surface area contributed by atoms with Gasteiger partial charge in [-0.2, -0.15) is 15.2 Å². The average molecular weight is 435 g/mol. The van der Waals surface area contributed by atoms with E-state index in [-0.39, 0.29) is 5.91 Å². The van der Waals surface area contributed by atoms with Crippen LogP contribution in [0, 0.1) is 13.8 Å². The van der Waals surface area contributed by atoms with E-state index < -0.39 is 0 Å². The van der Waals surface area contributed by atoms with Gasteiger partial charge in [0.2, 0.25) is 5.91 Å². The van der Waals surface area contributed by atoms with Crippen LogP contribution in [0.3, 0.4) is 0 Å². The molecule has 0 saturated carbocycles. The van der Waals surface area contributed by atoms with Crippen molar-refractivity contribution in [3.63, 3.8) is 0 Å². The number of nitrogens with zero attached hydrogens (tertiary/aromatic N) is 6. The van der Waals surface area contributed by atoms with E-state index in [1.54, 1.807) is 35.7 Å². The van der Waals surface area contributed by atoms with Gasteiger partial charge in [0.05, 0.1) is 27.0 Å². The van der Waals surface area contributed by atoms with E-state index in [4.69, 9.17) is 9.47 Å². The zero-order chi connectivity index (χ0) is 22.7. The second kappa shape index (κ2) is 9.04. The van der Waals surface area contributed by atoms with Gasteiger partial charge in [-0.25, -0.2) is 14.2 Å². The van der Waals surface area contributed by atoms with E-state index in [9.17, 15) is 4.79 Å². The number of benzene rings is 1. The normalized spacial score (nSPS) is 11.0. The van der Waals surface area contributed by atoms with Gasteiger partial charge in [0.1, 0.15) is 12.1 Å². The van der Waals surface area contributed by atoms with Crippen LogP contribution >= 0.6 is 0 Å². The number of methoxy groups -OCH3 is 2. The summed E-state index contributed by atoms with van der Waals surface area (Å²) in [5.41, 5.74) is 3.68. The summed E-state index contributed by atoms with van der Waals surface area (Å²) >= 11 is 0. The molecule has 1 aromatic carbocycles. The van der Waals surface area contributed by atoms with Gasteiger partial charge in [-0.15, -0.1) is 0 Å². The van der Waals surface area contributed by atoms with Gasteiger partial charge in [0.15, 0.2) is 11.5 Å². The summed E-state index contributed by atoms with van der Waals surface area (Å²) in [5, 5.41) is 11.5. The third-order valence-electron chi connectivity index (χ3n) is 5.38. The highest BCUT2D eigenvalue weighted by molar-refractivity contribution is 5.90. The van der Waals surface area contributed by atoms with Gasteiger partial charge >= 0.3 is 0 Å². The first kappa shape index (κ1) is 21.3. The van der Waals surface area contributed by atoms with E-state index in [2.05, 4.69) is 25.5 Å². The highest BCUT2D eigenvalue weighted by Crippen LogP contribution is 2.31. The van der Waals surface area contributed by atoms with Gasteiger partial charge in [-0.05, 0) is 31.9 Å². The topological polar surface area (TPSA) is 108 Å². The fourth-order valence-electron chi connectivity index (χ4n) is 3.77. The van der Waals surface area contributed by atoms with Crippen molar-refractivity contribution in [3.05, 3.63) is 59.3 Å². The molecule has 0 atom stereocenters. The minimum absolute atomic E-state index is 0.109. The fraction of sp³-hybridized carbons (Fsp3) is 0.318. The van der Waals surface area contributed by atoms with E-state index >= 15 is 0 Å². The van der Waals surface area contributed by atoms with E-state index in [1.807, 2.05) is 32.0 Å². The molecule has 0 bridgehead atoms. The second-order valence-corrected chi connectivity index (χ2v) is 7.31. The number of aryl methyl sites for hydroxylation is 2. The first-order chi connectivity index (χ1) is 15.5. The van der Waals surface area contributed by atoms with Crippen LogP contribution in [0.1, 0.15) is 28.9 Å². The molecule has 0 aliphatic rings. The van der Waals surface area contributed by atoms with Crippen molar-refractivity contribution in [2.24, 2.45) is 0 Å². The minimum Gasteiger partial charge on any atom is -0.493 e. The van der Waals surface area contributed by atoms with Gasteiger partial charge < -0.3 is 14.8 Å². The molecule has 0 aliphatic heterocycles. The fourth-order valence-corrected chi connectivity index (χ4v) is 3.77. The Kier molecular flexibility index (Phi) is 6.02. The molecular formula is C22H25N7O3. The van der Waals surface area contributed by atoms with Crippen LogP contribution in [0.5, 0.6) is 11.5 Å². The Labute approximate surface area is 185 Å². The molecule has 0 fully saturated rings. The quantitative estimate of drug-likeness (QED) is 0.453. The lowest BCUT2D eigenvalue weighted by Crippen LogP contribution is -2.17. The molecule has 3 heterocycles. The van der Waals surface area contributed by atoms with Crippen LogP contribution in [0.15, 0.2) is 36.8 Å². The number of amides is 1. The number of hydrogen-bond acceptors (Lipinski definition) is 7. The predicted octanol–water partition coefficient (Wildman–Crippen LogP) is 2.57. The van der Waals surface area contributed by atoms with Crippen LogP contribution in [0.4, 0.5) is 5.82 Å². The molecule has 0 unspecified atom stereocenters. The molecule has 0 radical (unpaired) electrons. The highest BCUT2D eigenvalue weighted by Gasteiger charge is 2.15. The highest BCUT2D eigenvalue weighted by atomic mass is 16.5. The SMILES string of the molecule is COc1cccc(Cn2nccc2NC(=O)CCc2c(C)nc3ncnn3c2C)c1OC. The number of carbonyl (C=O) groups excluding carboxylic acids is 1. The number of hydrogen-bond donors (Lipinski definition) is 1. The molecule has 0 aliphatic carbocycles. The first-order valence-corrected chi connectivity index (χ1v) is 10.2. The lowest BCUT2D eigenvalue weighted by Gasteiger charge is -2.14. The maximum absolute atomic E-state index is 12.7. The van der Waals surface area contributed by atoms with Crippen molar-refractivity contribution < 1.29 is 14.3 Å². The number of nitrogens with one attached hydrogen (secondary N) is 1. The van der Waals surface area contributed by atoms with Crippen LogP contribution in [-0.4, -0.2) is 49.5 Å². The lowest BCUT2D eigenvalue weighted by molar-refractivity contribution is -0.116. The number of anilines is 1. The summed E-state index contributed by atoms with van der Waals surface area (Å²) in [6.45, 7) is 4.31. The second-order valence-electron chi connectivity index (χ2n) is 7.31. The lowest BCUT2D eigenvalue weighted by atomic mass is 10.1. The molecule has 32 heavy (non-hydrogen) atoms. The Morgan fingerprint density at radius 3 is 2.75 bits per heavy atom. The molecule has 166 valence electrons. The van der Waals surface area contributed by atoms with Gasteiger partial charge in [0, 0.05) is 29.4 Å². The number of fused-ring (bicyclic) bond motifs is 1. The summed E-state index contributed by atoms with van der Waals surface area (Å²) in [6.07, 6.45) is 3.98. The third-order valence-corrected chi connectivity index (χ3v) is 5.38. The van der Waals surface area contributed by atoms with Crippen LogP contribution in [-0.2, 0) is 17.8 Å². The Morgan fingerprint density at radius 2 is 1.97 bits per heavy atom. The zero-order valence-electron chi connectivity index (χ0n) is 18.5. The summed E-state index contributed by atoms with van der Waals surface area (Å²) in [7, 11) is 3.20. The molecule has 3 aromatic heterocycles.